The molecule has 0 radical (unpaired) electrons. The number of rotatable bonds is 7. The van der Waals surface area contributed by atoms with Crippen molar-refractivity contribution < 1.29 is 13.2 Å². The Balaban J connectivity index is 1.51. The second kappa shape index (κ2) is 8.32. The van der Waals surface area contributed by atoms with Gasteiger partial charge in [0.1, 0.15) is 0 Å². The molecule has 0 aromatic heterocycles. The van der Waals surface area contributed by atoms with E-state index in [0.717, 1.165) is 24.8 Å². The van der Waals surface area contributed by atoms with E-state index in [9.17, 15) is 13.2 Å². The van der Waals surface area contributed by atoms with Gasteiger partial charge in [0.25, 0.3) is 10.0 Å². The third-order valence-electron chi connectivity index (χ3n) is 5.72. The number of nitrogens with one attached hydrogen (secondary N) is 2. The van der Waals surface area contributed by atoms with Crippen molar-refractivity contribution in [2.24, 2.45) is 0 Å². The molecule has 30 heavy (non-hydrogen) atoms. The van der Waals surface area contributed by atoms with Crippen molar-refractivity contribution in [2.45, 2.75) is 36.1 Å². The molecular formula is C24H24N2O3S. The lowest BCUT2D eigenvalue weighted by atomic mass is 9.64. The molecule has 6 heteroatoms. The van der Waals surface area contributed by atoms with Gasteiger partial charge in [-0.05, 0) is 42.2 Å². The van der Waals surface area contributed by atoms with Gasteiger partial charge >= 0.3 is 0 Å². The number of anilines is 1. The Labute approximate surface area is 177 Å². The zero-order valence-electron chi connectivity index (χ0n) is 16.5. The van der Waals surface area contributed by atoms with Crippen LogP contribution in [-0.4, -0.2) is 14.3 Å². The molecule has 154 valence electrons. The van der Waals surface area contributed by atoms with Crippen LogP contribution >= 0.6 is 0 Å². The largest absolute Gasteiger partial charge is 0.351 e. The molecular weight excluding hydrogens is 396 g/mol. The van der Waals surface area contributed by atoms with Gasteiger partial charge in [-0.15, -0.1) is 0 Å². The highest BCUT2D eigenvalue weighted by Crippen LogP contribution is 2.44. The summed E-state index contributed by atoms with van der Waals surface area (Å²) in [4.78, 5) is 13.3. The van der Waals surface area contributed by atoms with Crippen LogP contribution in [0.4, 0.5) is 5.69 Å². The van der Waals surface area contributed by atoms with Gasteiger partial charge in [-0.2, -0.15) is 0 Å². The van der Waals surface area contributed by atoms with Crippen LogP contribution in [0, 0.1) is 0 Å². The highest BCUT2D eigenvalue weighted by molar-refractivity contribution is 7.92. The molecule has 0 spiro atoms. The number of carbonyl (C=O) groups excluding carboxylic acids is 1. The molecule has 0 bridgehead atoms. The van der Waals surface area contributed by atoms with Gasteiger partial charge in [0.2, 0.25) is 5.91 Å². The summed E-state index contributed by atoms with van der Waals surface area (Å²) in [5.41, 5.74) is 1.73. The molecule has 1 amide bonds. The van der Waals surface area contributed by atoms with Crippen LogP contribution in [0.1, 0.15) is 30.4 Å². The molecule has 3 aromatic carbocycles. The smallest absolute Gasteiger partial charge is 0.261 e. The lowest BCUT2D eigenvalue weighted by molar-refractivity contribution is -0.130. The molecule has 3 aromatic rings. The molecule has 5 nitrogen and oxygen atoms in total. The van der Waals surface area contributed by atoms with Gasteiger partial charge in [0, 0.05) is 6.54 Å². The fraction of sp³-hybridized carbons (Fsp3) is 0.208. The minimum atomic E-state index is -3.70. The number of benzene rings is 3. The van der Waals surface area contributed by atoms with Crippen LogP contribution in [0.25, 0.3) is 0 Å². The highest BCUT2D eigenvalue weighted by Gasteiger charge is 2.45. The van der Waals surface area contributed by atoms with Gasteiger partial charge < -0.3 is 5.32 Å². The van der Waals surface area contributed by atoms with E-state index in [0.29, 0.717) is 11.3 Å². The average Bonchev–Trinajstić information content (AvgIpc) is 2.73. The monoisotopic (exact) mass is 420 g/mol. The predicted molar refractivity (Wildman–Crippen MR) is 118 cm³/mol. The minimum absolute atomic E-state index is 0.0133. The zero-order valence-corrected chi connectivity index (χ0v) is 17.4. The molecule has 0 atom stereocenters. The van der Waals surface area contributed by atoms with E-state index in [1.807, 2.05) is 42.5 Å². The fourth-order valence-electron chi connectivity index (χ4n) is 3.86. The first-order chi connectivity index (χ1) is 14.5. The maximum absolute atomic E-state index is 13.1. The molecule has 0 saturated heterocycles. The summed E-state index contributed by atoms with van der Waals surface area (Å²) in [6.07, 6.45) is 2.67. The number of hydrogen-bond acceptors (Lipinski definition) is 3. The van der Waals surface area contributed by atoms with Crippen molar-refractivity contribution in [3.63, 3.8) is 0 Å². The second-order valence-corrected chi connectivity index (χ2v) is 9.24. The number of para-hydroxylation sites is 1. The van der Waals surface area contributed by atoms with E-state index < -0.39 is 15.4 Å². The maximum Gasteiger partial charge on any atom is 0.261 e. The Kier molecular flexibility index (Phi) is 5.59. The summed E-state index contributed by atoms with van der Waals surface area (Å²) in [5.74, 6) is -0.0133. The predicted octanol–water partition coefficient (Wildman–Crippen LogP) is 4.23. The summed E-state index contributed by atoms with van der Waals surface area (Å²) in [6, 6.07) is 25.2. The van der Waals surface area contributed by atoms with Crippen molar-refractivity contribution in [3.05, 3.63) is 96.1 Å². The highest BCUT2D eigenvalue weighted by atomic mass is 32.2. The molecule has 2 N–H and O–H groups in total. The van der Waals surface area contributed by atoms with E-state index in [1.165, 1.54) is 0 Å². The fourth-order valence-corrected chi connectivity index (χ4v) is 4.98. The molecule has 1 aliphatic rings. The van der Waals surface area contributed by atoms with Crippen molar-refractivity contribution >= 4 is 21.6 Å². The number of hydrogen-bond donors (Lipinski definition) is 2. The van der Waals surface area contributed by atoms with Crippen LogP contribution in [0.15, 0.2) is 89.8 Å². The van der Waals surface area contributed by atoms with Gasteiger partial charge in [-0.3, -0.25) is 9.52 Å². The number of carbonyl (C=O) groups is 1. The molecule has 0 aliphatic heterocycles. The van der Waals surface area contributed by atoms with E-state index in [1.54, 1.807) is 42.5 Å². The summed E-state index contributed by atoms with van der Waals surface area (Å²) >= 11 is 0. The van der Waals surface area contributed by atoms with Gasteiger partial charge in [0.05, 0.1) is 16.0 Å². The van der Waals surface area contributed by atoms with E-state index >= 15 is 0 Å². The normalized spacial score (nSPS) is 15.1. The first-order valence-corrected chi connectivity index (χ1v) is 11.5. The van der Waals surface area contributed by atoms with Crippen molar-refractivity contribution in [3.8, 4) is 0 Å². The Morgan fingerprint density at radius 2 is 1.43 bits per heavy atom. The average molecular weight is 421 g/mol. The number of amides is 1. The Bertz CT molecular complexity index is 1130. The van der Waals surface area contributed by atoms with Gasteiger partial charge in [-0.1, -0.05) is 73.2 Å². The summed E-state index contributed by atoms with van der Waals surface area (Å²) in [5, 5.41) is 3.03. The molecule has 1 fully saturated rings. The molecule has 0 unspecified atom stereocenters. The lowest BCUT2D eigenvalue weighted by Crippen LogP contribution is -2.49. The van der Waals surface area contributed by atoms with Gasteiger partial charge in [0.15, 0.2) is 0 Å². The van der Waals surface area contributed by atoms with E-state index in [4.69, 9.17) is 0 Å². The van der Waals surface area contributed by atoms with Gasteiger partial charge in [-0.25, -0.2) is 8.42 Å². The Hall–Kier alpha value is -3.12. The zero-order chi connectivity index (χ0) is 21.0. The van der Waals surface area contributed by atoms with Crippen LogP contribution in [-0.2, 0) is 26.8 Å². The lowest BCUT2D eigenvalue weighted by Gasteiger charge is -2.40. The second-order valence-electron chi connectivity index (χ2n) is 7.56. The Morgan fingerprint density at radius 3 is 2.07 bits per heavy atom. The van der Waals surface area contributed by atoms with E-state index in [-0.39, 0.29) is 17.3 Å². The van der Waals surface area contributed by atoms with Crippen molar-refractivity contribution in [1.29, 1.82) is 0 Å². The van der Waals surface area contributed by atoms with Crippen LogP contribution in [0.5, 0.6) is 0 Å². The maximum atomic E-state index is 13.1. The van der Waals surface area contributed by atoms with Crippen LogP contribution in [0.2, 0.25) is 0 Å². The Morgan fingerprint density at radius 1 is 0.833 bits per heavy atom. The SMILES string of the molecule is O=C(NCc1ccccc1NS(=O)(=O)c1ccccc1)C1(c2ccccc2)CCC1. The molecule has 0 heterocycles. The molecule has 1 saturated carbocycles. The van der Waals surface area contributed by atoms with Crippen LogP contribution in [0.3, 0.4) is 0 Å². The first kappa shape index (κ1) is 20.2. The molecule has 4 rings (SSSR count). The van der Waals surface area contributed by atoms with E-state index in [2.05, 4.69) is 10.0 Å². The third-order valence-corrected chi connectivity index (χ3v) is 7.10. The standard InChI is InChI=1S/C24H24N2O3S/c27-23(24(16-9-17-24)20-11-3-1-4-12-20)25-18-19-10-7-8-15-22(19)26-30(28,29)21-13-5-2-6-14-21/h1-8,10-15,26H,9,16-18H2,(H,25,27). The summed E-state index contributed by atoms with van der Waals surface area (Å²) in [7, 11) is -3.70. The summed E-state index contributed by atoms with van der Waals surface area (Å²) < 4.78 is 28.0. The third kappa shape index (κ3) is 3.96. The first-order valence-electron chi connectivity index (χ1n) is 10.0. The summed E-state index contributed by atoms with van der Waals surface area (Å²) in [6.45, 7) is 0.251. The van der Waals surface area contributed by atoms with Crippen molar-refractivity contribution in [1.82, 2.24) is 5.32 Å². The number of sulfonamides is 1. The van der Waals surface area contributed by atoms with Crippen LogP contribution < -0.4 is 10.0 Å². The topological polar surface area (TPSA) is 75.3 Å². The minimum Gasteiger partial charge on any atom is -0.351 e. The quantitative estimate of drug-likeness (QED) is 0.601. The van der Waals surface area contributed by atoms with Crippen molar-refractivity contribution in [2.75, 3.05) is 4.72 Å². The molecule has 1 aliphatic carbocycles.